The van der Waals surface area contributed by atoms with Crippen LogP contribution in [0, 0.1) is 5.92 Å². The maximum Gasteiger partial charge on any atom is 0.246 e. The van der Waals surface area contributed by atoms with Gasteiger partial charge in [-0.05, 0) is 54.8 Å². The number of amides is 1. The molecule has 1 fully saturated rings. The van der Waals surface area contributed by atoms with Crippen LogP contribution in [0.25, 0.3) is 6.08 Å². The standard InChI is InChI=1S/C24H23Cl2NO5/c1-30-20-12-15(13-21-24(20)32-11-10-31-21)2-5-22(28)27-8-6-16(7-9-27)23(29)17-3-4-18(25)19(26)14-17/h2-5,12-14,16H,6-11H2,1H3. The quantitative estimate of drug-likeness (QED) is 0.454. The van der Waals surface area contributed by atoms with Gasteiger partial charge in [-0.2, -0.15) is 0 Å². The van der Waals surface area contributed by atoms with E-state index in [1.807, 2.05) is 6.07 Å². The Hall–Kier alpha value is -2.70. The summed E-state index contributed by atoms with van der Waals surface area (Å²) in [6, 6.07) is 8.56. The van der Waals surface area contributed by atoms with E-state index in [-0.39, 0.29) is 17.6 Å². The summed E-state index contributed by atoms with van der Waals surface area (Å²) in [5, 5.41) is 0.789. The van der Waals surface area contributed by atoms with Crippen molar-refractivity contribution in [2.75, 3.05) is 33.4 Å². The van der Waals surface area contributed by atoms with Crippen LogP contribution in [0.3, 0.4) is 0 Å². The van der Waals surface area contributed by atoms with E-state index in [0.29, 0.717) is 72.0 Å². The molecule has 0 N–H and O–H groups in total. The largest absolute Gasteiger partial charge is 0.493 e. The highest BCUT2D eigenvalue weighted by atomic mass is 35.5. The first-order valence-electron chi connectivity index (χ1n) is 10.4. The molecule has 6 nitrogen and oxygen atoms in total. The minimum absolute atomic E-state index is 0.0366. The maximum atomic E-state index is 12.8. The van der Waals surface area contributed by atoms with Crippen molar-refractivity contribution in [1.29, 1.82) is 0 Å². The Morgan fingerprint density at radius 1 is 1.06 bits per heavy atom. The zero-order valence-electron chi connectivity index (χ0n) is 17.6. The van der Waals surface area contributed by atoms with Crippen molar-refractivity contribution < 1.29 is 23.8 Å². The predicted molar refractivity (Wildman–Crippen MR) is 123 cm³/mol. The average Bonchev–Trinajstić information content (AvgIpc) is 2.83. The van der Waals surface area contributed by atoms with Crippen molar-refractivity contribution in [1.82, 2.24) is 4.90 Å². The predicted octanol–water partition coefficient (Wildman–Crippen LogP) is 4.91. The van der Waals surface area contributed by atoms with Crippen LogP contribution in [0.15, 0.2) is 36.4 Å². The van der Waals surface area contributed by atoms with Crippen molar-refractivity contribution in [3.8, 4) is 17.2 Å². The molecule has 2 aliphatic heterocycles. The highest BCUT2D eigenvalue weighted by molar-refractivity contribution is 6.42. The summed E-state index contributed by atoms with van der Waals surface area (Å²) < 4.78 is 16.6. The van der Waals surface area contributed by atoms with E-state index in [1.165, 1.54) is 6.08 Å². The second-order valence-electron chi connectivity index (χ2n) is 7.67. The van der Waals surface area contributed by atoms with Crippen molar-refractivity contribution in [3.05, 3.63) is 57.6 Å². The fourth-order valence-electron chi connectivity index (χ4n) is 3.91. The summed E-state index contributed by atoms with van der Waals surface area (Å²) in [7, 11) is 1.57. The summed E-state index contributed by atoms with van der Waals surface area (Å²) in [6.45, 7) is 1.98. The van der Waals surface area contributed by atoms with Gasteiger partial charge >= 0.3 is 0 Å². The summed E-state index contributed by atoms with van der Waals surface area (Å²) in [5.74, 6) is 1.55. The van der Waals surface area contributed by atoms with Crippen LogP contribution in [-0.2, 0) is 4.79 Å². The lowest BCUT2D eigenvalue weighted by Crippen LogP contribution is -2.39. The van der Waals surface area contributed by atoms with Crippen LogP contribution in [0.2, 0.25) is 10.0 Å². The van der Waals surface area contributed by atoms with Gasteiger partial charge in [0.25, 0.3) is 0 Å². The zero-order chi connectivity index (χ0) is 22.7. The van der Waals surface area contributed by atoms with Crippen LogP contribution in [0.1, 0.15) is 28.8 Å². The van der Waals surface area contributed by atoms with Gasteiger partial charge in [0, 0.05) is 30.6 Å². The van der Waals surface area contributed by atoms with Gasteiger partial charge in [0.1, 0.15) is 13.2 Å². The third-order valence-corrected chi connectivity index (χ3v) is 6.39. The van der Waals surface area contributed by atoms with Crippen LogP contribution in [-0.4, -0.2) is 50.0 Å². The van der Waals surface area contributed by atoms with Crippen LogP contribution < -0.4 is 14.2 Å². The first-order valence-corrected chi connectivity index (χ1v) is 11.2. The number of carbonyl (C=O) groups excluding carboxylic acids is 2. The van der Waals surface area contributed by atoms with Crippen LogP contribution >= 0.6 is 23.2 Å². The Bertz CT molecular complexity index is 1040. The van der Waals surface area contributed by atoms with Crippen LogP contribution in [0.4, 0.5) is 0 Å². The first-order chi connectivity index (χ1) is 15.5. The van der Waals surface area contributed by atoms with Gasteiger partial charge < -0.3 is 19.1 Å². The van der Waals surface area contributed by atoms with Crippen LogP contribution in [0.5, 0.6) is 17.2 Å². The molecular formula is C24H23Cl2NO5. The summed E-state index contributed by atoms with van der Waals surface area (Å²) in [4.78, 5) is 27.2. The van der Waals surface area contributed by atoms with E-state index < -0.39 is 0 Å². The van der Waals surface area contributed by atoms with Gasteiger partial charge in [0.2, 0.25) is 11.7 Å². The van der Waals surface area contributed by atoms with E-state index >= 15 is 0 Å². The number of Topliss-reactive ketones (excluding diaryl/α,β-unsaturated/α-hetero) is 1. The monoisotopic (exact) mass is 475 g/mol. The number of hydrogen-bond acceptors (Lipinski definition) is 5. The first kappa shape index (κ1) is 22.5. The number of hydrogen-bond donors (Lipinski definition) is 0. The van der Waals surface area contributed by atoms with Crippen molar-refractivity contribution >= 4 is 41.0 Å². The van der Waals surface area contributed by atoms with Gasteiger partial charge in [0.05, 0.1) is 17.2 Å². The van der Waals surface area contributed by atoms with Crippen molar-refractivity contribution in [2.24, 2.45) is 5.92 Å². The number of carbonyl (C=O) groups is 2. The Kier molecular flexibility index (Phi) is 6.92. The molecular weight excluding hydrogens is 453 g/mol. The Labute approximate surface area is 196 Å². The number of piperidine rings is 1. The molecule has 0 atom stereocenters. The lowest BCUT2D eigenvalue weighted by atomic mass is 9.89. The van der Waals surface area contributed by atoms with E-state index in [2.05, 4.69) is 0 Å². The van der Waals surface area contributed by atoms with E-state index in [0.717, 1.165) is 5.56 Å². The van der Waals surface area contributed by atoms with Gasteiger partial charge in [-0.1, -0.05) is 23.2 Å². The second-order valence-corrected chi connectivity index (χ2v) is 8.49. The van der Waals surface area contributed by atoms with E-state index in [4.69, 9.17) is 37.4 Å². The van der Waals surface area contributed by atoms with E-state index in [1.54, 1.807) is 42.4 Å². The fourth-order valence-corrected chi connectivity index (χ4v) is 4.21. The zero-order valence-corrected chi connectivity index (χ0v) is 19.1. The van der Waals surface area contributed by atoms with E-state index in [9.17, 15) is 9.59 Å². The van der Waals surface area contributed by atoms with Gasteiger partial charge in [-0.15, -0.1) is 0 Å². The molecule has 0 bridgehead atoms. The summed E-state index contributed by atoms with van der Waals surface area (Å²) in [5.41, 5.74) is 1.33. The van der Waals surface area contributed by atoms with Gasteiger partial charge in [0.15, 0.2) is 17.3 Å². The van der Waals surface area contributed by atoms with Crippen molar-refractivity contribution in [2.45, 2.75) is 12.8 Å². The minimum Gasteiger partial charge on any atom is -0.493 e. The number of nitrogens with zero attached hydrogens (tertiary/aromatic N) is 1. The van der Waals surface area contributed by atoms with Gasteiger partial charge in [-0.25, -0.2) is 0 Å². The second kappa shape index (κ2) is 9.84. The molecule has 0 radical (unpaired) electrons. The Morgan fingerprint density at radius 3 is 2.53 bits per heavy atom. The molecule has 2 aromatic carbocycles. The normalized spacial score (nSPS) is 16.3. The molecule has 32 heavy (non-hydrogen) atoms. The summed E-state index contributed by atoms with van der Waals surface area (Å²) >= 11 is 12.0. The number of methoxy groups -OCH3 is 1. The third-order valence-electron chi connectivity index (χ3n) is 5.65. The lowest BCUT2D eigenvalue weighted by Gasteiger charge is -2.30. The average molecular weight is 476 g/mol. The number of halogens is 2. The third kappa shape index (κ3) is 4.87. The van der Waals surface area contributed by atoms with Gasteiger partial charge in [-0.3, -0.25) is 9.59 Å². The van der Waals surface area contributed by atoms with Crippen molar-refractivity contribution in [3.63, 3.8) is 0 Å². The highest BCUT2D eigenvalue weighted by Gasteiger charge is 2.27. The molecule has 2 aliphatic rings. The molecule has 0 aromatic heterocycles. The molecule has 0 spiro atoms. The minimum atomic E-state index is -0.137. The number of ether oxygens (including phenoxy) is 3. The molecule has 168 valence electrons. The molecule has 0 aliphatic carbocycles. The smallest absolute Gasteiger partial charge is 0.246 e. The number of fused-ring (bicyclic) bond motifs is 1. The maximum absolute atomic E-state index is 12.8. The Morgan fingerprint density at radius 2 is 1.81 bits per heavy atom. The molecule has 2 heterocycles. The number of ketones is 1. The number of rotatable bonds is 5. The fraction of sp³-hybridized carbons (Fsp3) is 0.333. The summed E-state index contributed by atoms with van der Waals surface area (Å²) in [6.07, 6.45) is 4.48. The Balaban J connectivity index is 1.37. The number of benzene rings is 2. The molecule has 0 unspecified atom stereocenters. The number of likely N-dealkylation sites (tertiary alicyclic amines) is 1. The molecule has 4 rings (SSSR count). The molecule has 1 amide bonds. The molecule has 2 aromatic rings. The highest BCUT2D eigenvalue weighted by Crippen LogP contribution is 2.40. The lowest BCUT2D eigenvalue weighted by molar-refractivity contribution is -0.127. The SMILES string of the molecule is COc1cc(C=CC(=O)N2CCC(C(=O)c3ccc(Cl)c(Cl)c3)CC2)cc2c1OCCO2. The molecule has 0 saturated carbocycles. The molecule has 8 heteroatoms. The molecule has 1 saturated heterocycles. The topological polar surface area (TPSA) is 65.1 Å².